The molecule has 2 aromatic heterocycles. The maximum Gasteiger partial charge on any atom is 0.212 e. The van der Waals surface area contributed by atoms with Crippen LogP contribution in [0, 0.1) is 0 Å². The van der Waals surface area contributed by atoms with E-state index in [1.54, 1.807) is 11.3 Å². The van der Waals surface area contributed by atoms with E-state index in [4.69, 9.17) is 0 Å². The highest BCUT2D eigenvalue weighted by Crippen LogP contribution is 2.21. The predicted octanol–water partition coefficient (Wildman–Crippen LogP) is 2.87. The third-order valence-corrected chi connectivity index (χ3v) is 3.59. The molecule has 0 bridgehead atoms. The van der Waals surface area contributed by atoms with Crippen LogP contribution in [0.1, 0.15) is 43.8 Å². The van der Waals surface area contributed by atoms with E-state index in [2.05, 4.69) is 37.1 Å². The zero-order chi connectivity index (χ0) is 10.1. The molecule has 0 saturated carbocycles. The molecule has 1 unspecified atom stereocenters. The third-order valence-electron chi connectivity index (χ3n) is 2.52. The van der Waals surface area contributed by atoms with Crippen LogP contribution in [0.2, 0.25) is 0 Å². The molecular formula is C10H15N3S. The topological polar surface area (TPSA) is 30.2 Å². The summed E-state index contributed by atoms with van der Waals surface area (Å²) in [6.45, 7) is 6.50. The number of rotatable bonds is 3. The number of hydrogen-bond acceptors (Lipinski definition) is 3. The van der Waals surface area contributed by atoms with E-state index in [1.165, 1.54) is 0 Å². The van der Waals surface area contributed by atoms with Gasteiger partial charge in [0.2, 0.25) is 4.96 Å². The van der Waals surface area contributed by atoms with Crippen molar-refractivity contribution in [3.8, 4) is 0 Å². The Labute approximate surface area is 87.8 Å². The van der Waals surface area contributed by atoms with Crippen molar-refractivity contribution in [3.63, 3.8) is 0 Å². The van der Waals surface area contributed by atoms with E-state index in [0.29, 0.717) is 5.92 Å². The summed E-state index contributed by atoms with van der Waals surface area (Å²) >= 11 is 1.69. The van der Waals surface area contributed by atoms with Gasteiger partial charge < -0.3 is 0 Å². The Morgan fingerprint density at radius 1 is 1.50 bits per heavy atom. The molecule has 0 saturated heterocycles. The Morgan fingerprint density at radius 3 is 2.86 bits per heavy atom. The largest absolute Gasteiger partial charge is 0.222 e. The first-order chi connectivity index (χ1) is 6.74. The lowest BCUT2D eigenvalue weighted by Crippen LogP contribution is -1.91. The molecule has 2 aromatic rings. The Kier molecular flexibility index (Phi) is 2.54. The molecule has 0 spiro atoms. The number of hydrogen-bond donors (Lipinski definition) is 0. The van der Waals surface area contributed by atoms with Gasteiger partial charge in [-0.25, -0.2) is 9.50 Å². The second-order valence-corrected chi connectivity index (χ2v) is 4.59. The van der Waals surface area contributed by atoms with Crippen molar-refractivity contribution in [2.45, 2.75) is 39.5 Å². The van der Waals surface area contributed by atoms with Gasteiger partial charge in [-0.1, -0.05) is 32.1 Å². The van der Waals surface area contributed by atoms with Gasteiger partial charge in [-0.15, -0.1) is 0 Å². The van der Waals surface area contributed by atoms with Crippen molar-refractivity contribution >= 4 is 16.3 Å². The van der Waals surface area contributed by atoms with Crippen molar-refractivity contribution in [2.24, 2.45) is 0 Å². The van der Waals surface area contributed by atoms with Crippen molar-refractivity contribution in [2.75, 3.05) is 0 Å². The molecule has 76 valence electrons. The lowest BCUT2D eigenvalue weighted by atomic mass is 10.1. The standard InChI is InChI=1S/C10H15N3S/c1-4-7(3)8-6-13-10(11-8)14-9(5-2)12-13/h6-7H,4-5H2,1-3H3. The monoisotopic (exact) mass is 209 g/mol. The molecule has 0 aromatic carbocycles. The Hall–Kier alpha value is -0.900. The summed E-state index contributed by atoms with van der Waals surface area (Å²) in [5, 5.41) is 5.60. The predicted molar refractivity (Wildman–Crippen MR) is 58.9 cm³/mol. The molecule has 0 radical (unpaired) electrons. The Morgan fingerprint density at radius 2 is 2.29 bits per heavy atom. The molecule has 4 heteroatoms. The van der Waals surface area contributed by atoms with Gasteiger partial charge in [0, 0.05) is 0 Å². The zero-order valence-electron chi connectivity index (χ0n) is 8.82. The molecule has 14 heavy (non-hydrogen) atoms. The molecule has 0 aliphatic heterocycles. The molecule has 0 amide bonds. The number of aryl methyl sites for hydroxylation is 1. The zero-order valence-corrected chi connectivity index (χ0v) is 9.64. The summed E-state index contributed by atoms with van der Waals surface area (Å²) in [7, 11) is 0. The molecule has 0 aliphatic carbocycles. The van der Waals surface area contributed by atoms with Gasteiger partial charge in [-0.2, -0.15) is 5.10 Å². The third kappa shape index (κ3) is 1.54. The average molecular weight is 209 g/mol. The number of nitrogens with zero attached hydrogens (tertiary/aromatic N) is 3. The Balaban J connectivity index is 2.39. The molecule has 0 aliphatic rings. The van der Waals surface area contributed by atoms with E-state index < -0.39 is 0 Å². The fourth-order valence-corrected chi connectivity index (χ4v) is 2.17. The van der Waals surface area contributed by atoms with Gasteiger partial charge >= 0.3 is 0 Å². The molecule has 1 atom stereocenters. The molecule has 3 nitrogen and oxygen atoms in total. The number of aromatic nitrogens is 3. The first-order valence-electron chi connectivity index (χ1n) is 5.09. The normalized spacial score (nSPS) is 13.6. The van der Waals surface area contributed by atoms with Crippen molar-refractivity contribution in [1.82, 2.24) is 14.6 Å². The molecule has 2 rings (SSSR count). The molecular weight excluding hydrogens is 194 g/mol. The first-order valence-corrected chi connectivity index (χ1v) is 5.91. The van der Waals surface area contributed by atoms with E-state index in [0.717, 1.165) is 28.5 Å². The van der Waals surface area contributed by atoms with Crippen LogP contribution in [-0.4, -0.2) is 14.6 Å². The lowest BCUT2D eigenvalue weighted by molar-refractivity contribution is 0.712. The summed E-state index contributed by atoms with van der Waals surface area (Å²) in [5.74, 6) is 0.536. The molecule has 0 fully saturated rings. The van der Waals surface area contributed by atoms with Gasteiger partial charge in [0.1, 0.15) is 5.01 Å². The fraction of sp³-hybridized carbons (Fsp3) is 0.600. The van der Waals surface area contributed by atoms with Gasteiger partial charge in [0.05, 0.1) is 11.9 Å². The van der Waals surface area contributed by atoms with E-state index in [1.807, 2.05) is 4.52 Å². The highest BCUT2D eigenvalue weighted by atomic mass is 32.1. The summed E-state index contributed by atoms with van der Waals surface area (Å²) in [5.41, 5.74) is 1.16. The highest BCUT2D eigenvalue weighted by molar-refractivity contribution is 7.16. The van der Waals surface area contributed by atoms with Crippen LogP contribution < -0.4 is 0 Å². The maximum absolute atomic E-state index is 4.57. The van der Waals surface area contributed by atoms with Crippen LogP contribution in [0.25, 0.3) is 4.96 Å². The molecule has 0 N–H and O–H groups in total. The van der Waals surface area contributed by atoms with E-state index in [9.17, 15) is 0 Å². The lowest BCUT2D eigenvalue weighted by Gasteiger charge is -2.01. The quantitative estimate of drug-likeness (QED) is 0.778. The Bertz CT molecular complexity index is 398. The van der Waals surface area contributed by atoms with Crippen molar-refractivity contribution < 1.29 is 0 Å². The van der Waals surface area contributed by atoms with E-state index in [-0.39, 0.29) is 0 Å². The summed E-state index contributed by atoms with van der Waals surface area (Å²) < 4.78 is 1.91. The minimum atomic E-state index is 0.536. The van der Waals surface area contributed by atoms with Crippen LogP contribution in [0.5, 0.6) is 0 Å². The van der Waals surface area contributed by atoms with Crippen LogP contribution in [0.15, 0.2) is 6.20 Å². The molecule has 2 heterocycles. The van der Waals surface area contributed by atoms with Crippen molar-refractivity contribution in [1.29, 1.82) is 0 Å². The van der Waals surface area contributed by atoms with E-state index >= 15 is 0 Å². The summed E-state index contributed by atoms with van der Waals surface area (Å²) in [6.07, 6.45) is 4.18. The van der Waals surface area contributed by atoms with Gasteiger partial charge in [-0.05, 0) is 18.8 Å². The second kappa shape index (κ2) is 3.69. The number of imidazole rings is 1. The number of fused-ring (bicyclic) bond motifs is 1. The van der Waals surface area contributed by atoms with Crippen molar-refractivity contribution in [3.05, 3.63) is 16.9 Å². The first kappa shape index (κ1) is 9.65. The fourth-order valence-electron chi connectivity index (χ4n) is 1.35. The van der Waals surface area contributed by atoms with Gasteiger partial charge in [-0.3, -0.25) is 0 Å². The maximum atomic E-state index is 4.57. The van der Waals surface area contributed by atoms with Gasteiger partial charge in [0.15, 0.2) is 0 Å². The summed E-state index contributed by atoms with van der Waals surface area (Å²) in [6, 6.07) is 0. The average Bonchev–Trinajstić information content (AvgIpc) is 2.72. The smallest absolute Gasteiger partial charge is 0.212 e. The second-order valence-electron chi connectivity index (χ2n) is 3.55. The summed E-state index contributed by atoms with van der Waals surface area (Å²) in [4.78, 5) is 5.60. The van der Waals surface area contributed by atoms with Crippen LogP contribution >= 0.6 is 11.3 Å². The van der Waals surface area contributed by atoms with Crippen LogP contribution in [0.3, 0.4) is 0 Å². The SMILES string of the molecule is CCc1nn2cc(C(C)CC)nc2s1. The van der Waals surface area contributed by atoms with Crippen LogP contribution in [-0.2, 0) is 6.42 Å². The van der Waals surface area contributed by atoms with Gasteiger partial charge in [0.25, 0.3) is 0 Å². The minimum absolute atomic E-state index is 0.536. The van der Waals surface area contributed by atoms with Crippen LogP contribution in [0.4, 0.5) is 0 Å². The minimum Gasteiger partial charge on any atom is -0.222 e. The highest BCUT2D eigenvalue weighted by Gasteiger charge is 2.10.